The van der Waals surface area contributed by atoms with Gasteiger partial charge in [-0.25, -0.2) is 0 Å². The van der Waals surface area contributed by atoms with E-state index in [9.17, 15) is 0 Å². The van der Waals surface area contributed by atoms with E-state index in [1.54, 1.807) is 0 Å². The summed E-state index contributed by atoms with van der Waals surface area (Å²) in [6, 6.07) is 10.3. The van der Waals surface area contributed by atoms with Crippen LogP contribution < -0.4 is 0 Å². The van der Waals surface area contributed by atoms with Crippen LogP contribution in [0, 0.1) is 0 Å². The Kier molecular flexibility index (Phi) is 5.37. The minimum Gasteiger partial charge on any atom is -0.352 e. The Labute approximate surface area is 92.2 Å². The van der Waals surface area contributed by atoms with E-state index in [2.05, 4.69) is 19.1 Å². The molecule has 2 nitrogen and oxygen atoms in total. The summed E-state index contributed by atoms with van der Waals surface area (Å²) in [5.41, 5.74) is 1.25. The van der Waals surface area contributed by atoms with Crippen LogP contribution >= 0.6 is 0 Å². The predicted octanol–water partition coefficient (Wildman–Crippen LogP) is 3.19. The second-order valence-electron chi connectivity index (χ2n) is 3.48. The highest BCUT2D eigenvalue weighted by molar-refractivity contribution is 5.19. The third-order valence-corrected chi connectivity index (χ3v) is 2.40. The first-order chi connectivity index (χ1) is 7.29. The van der Waals surface area contributed by atoms with E-state index < -0.39 is 0 Å². The molecular formula is C13H20O2. The normalized spacial score (nSPS) is 13.1. The first kappa shape index (κ1) is 12.2. The van der Waals surface area contributed by atoms with Crippen molar-refractivity contribution >= 4 is 0 Å². The van der Waals surface area contributed by atoms with Gasteiger partial charge in [-0.05, 0) is 19.4 Å². The molecule has 1 aromatic carbocycles. The Hall–Kier alpha value is -0.860. The van der Waals surface area contributed by atoms with Gasteiger partial charge in [0.15, 0.2) is 6.29 Å². The Balaban J connectivity index is 2.67. The molecule has 2 heteroatoms. The van der Waals surface area contributed by atoms with Crippen LogP contribution in [0.4, 0.5) is 0 Å². The Morgan fingerprint density at radius 1 is 1.00 bits per heavy atom. The highest BCUT2D eigenvalue weighted by Crippen LogP contribution is 2.21. The molecule has 0 N–H and O–H groups in total. The lowest BCUT2D eigenvalue weighted by atomic mass is 10.0. The molecule has 1 aromatic rings. The van der Waals surface area contributed by atoms with Crippen LogP contribution in [0.1, 0.15) is 32.3 Å². The molecule has 0 saturated heterocycles. The molecule has 0 radical (unpaired) electrons. The van der Waals surface area contributed by atoms with Gasteiger partial charge in [0.1, 0.15) is 0 Å². The van der Waals surface area contributed by atoms with Gasteiger partial charge in [-0.1, -0.05) is 37.3 Å². The topological polar surface area (TPSA) is 18.5 Å². The highest BCUT2D eigenvalue weighted by Gasteiger charge is 2.18. The Morgan fingerprint density at radius 2 is 1.53 bits per heavy atom. The van der Waals surface area contributed by atoms with Crippen molar-refractivity contribution in [1.29, 1.82) is 0 Å². The molecule has 1 rings (SSSR count). The fourth-order valence-electron chi connectivity index (χ4n) is 1.58. The molecular weight excluding hydrogens is 188 g/mol. The van der Waals surface area contributed by atoms with Crippen molar-refractivity contribution in [3.8, 4) is 0 Å². The number of benzene rings is 1. The molecule has 0 aliphatic rings. The number of ether oxygens (including phenoxy) is 2. The summed E-state index contributed by atoms with van der Waals surface area (Å²) in [6.07, 6.45) is -0.137. The van der Waals surface area contributed by atoms with Crippen LogP contribution in [0.15, 0.2) is 30.3 Å². The maximum atomic E-state index is 5.58. The van der Waals surface area contributed by atoms with Crippen LogP contribution in [0.2, 0.25) is 0 Å². The largest absolute Gasteiger partial charge is 0.352 e. The van der Waals surface area contributed by atoms with E-state index in [0.717, 1.165) is 0 Å². The van der Waals surface area contributed by atoms with Gasteiger partial charge < -0.3 is 9.47 Å². The summed E-state index contributed by atoms with van der Waals surface area (Å²) in [4.78, 5) is 0. The first-order valence-electron chi connectivity index (χ1n) is 5.57. The van der Waals surface area contributed by atoms with Gasteiger partial charge in [-0.3, -0.25) is 0 Å². The van der Waals surface area contributed by atoms with Crippen molar-refractivity contribution in [3.05, 3.63) is 35.9 Å². The zero-order valence-electron chi connectivity index (χ0n) is 9.77. The maximum absolute atomic E-state index is 5.58. The molecule has 0 heterocycles. The zero-order valence-corrected chi connectivity index (χ0v) is 9.77. The average molecular weight is 208 g/mol. The molecule has 84 valence electrons. The molecule has 0 amide bonds. The summed E-state index contributed by atoms with van der Waals surface area (Å²) >= 11 is 0. The quantitative estimate of drug-likeness (QED) is 0.668. The van der Waals surface area contributed by atoms with Crippen molar-refractivity contribution in [2.45, 2.75) is 33.0 Å². The van der Waals surface area contributed by atoms with Crippen molar-refractivity contribution in [2.24, 2.45) is 0 Å². The first-order valence-corrected chi connectivity index (χ1v) is 5.57. The molecule has 0 saturated carbocycles. The maximum Gasteiger partial charge on any atom is 0.164 e. The van der Waals surface area contributed by atoms with E-state index in [4.69, 9.17) is 9.47 Å². The van der Waals surface area contributed by atoms with E-state index in [-0.39, 0.29) is 12.2 Å². The molecule has 0 aromatic heterocycles. The van der Waals surface area contributed by atoms with Gasteiger partial charge in [-0.15, -0.1) is 0 Å². The molecule has 0 bridgehead atoms. The van der Waals surface area contributed by atoms with Crippen molar-refractivity contribution < 1.29 is 9.47 Å². The van der Waals surface area contributed by atoms with Gasteiger partial charge in [0.05, 0.1) is 0 Å². The van der Waals surface area contributed by atoms with Gasteiger partial charge in [0.25, 0.3) is 0 Å². The molecule has 0 fully saturated rings. The minimum absolute atomic E-state index is 0.137. The van der Waals surface area contributed by atoms with Crippen molar-refractivity contribution in [3.63, 3.8) is 0 Å². The SMILES string of the molecule is CCOC(OCC)C(C)c1ccccc1. The second-order valence-corrected chi connectivity index (χ2v) is 3.48. The summed E-state index contributed by atoms with van der Waals surface area (Å²) in [6.45, 7) is 7.47. The fourth-order valence-corrected chi connectivity index (χ4v) is 1.58. The molecule has 15 heavy (non-hydrogen) atoms. The lowest BCUT2D eigenvalue weighted by Crippen LogP contribution is -2.24. The molecule has 0 spiro atoms. The Morgan fingerprint density at radius 3 is 2.00 bits per heavy atom. The van der Waals surface area contributed by atoms with E-state index in [1.807, 2.05) is 32.0 Å². The lowest BCUT2D eigenvalue weighted by molar-refractivity contribution is -0.147. The number of hydrogen-bond donors (Lipinski definition) is 0. The fraction of sp³-hybridized carbons (Fsp3) is 0.538. The highest BCUT2D eigenvalue weighted by atomic mass is 16.7. The second kappa shape index (κ2) is 6.59. The van der Waals surface area contributed by atoms with E-state index in [1.165, 1.54) is 5.56 Å². The van der Waals surface area contributed by atoms with Gasteiger partial charge in [-0.2, -0.15) is 0 Å². The van der Waals surface area contributed by atoms with Crippen LogP contribution in [0.25, 0.3) is 0 Å². The number of rotatable bonds is 6. The van der Waals surface area contributed by atoms with Gasteiger partial charge >= 0.3 is 0 Å². The summed E-state index contributed by atoms with van der Waals surface area (Å²) < 4.78 is 11.2. The van der Waals surface area contributed by atoms with Gasteiger partial charge in [0.2, 0.25) is 0 Å². The molecule has 1 atom stereocenters. The number of hydrogen-bond acceptors (Lipinski definition) is 2. The van der Waals surface area contributed by atoms with Gasteiger partial charge in [0, 0.05) is 19.1 Å². The third kappa shape index (κ3) is 3.65. The monoisotopic (exact) mass is 208 g/mol. The van der Waals surface area contributed by atoms with Crippen LogP contribution in [0.5, 0.6) is 0 Å². The van der Waals surface area contributed by atoms with E-state index >= 15 is 0 Å². The lowest BCUT2D eigenvalue weighted by Gasteiger charge is -2.23. The third-order valence-electron chi connectivity index (χ3n) is 2.40. The Bertz CT molecular complexity index is 252. The van der Waals surface area contributed by atoms with Crippen molar-refractivity contribution in [2.75, 3.05) is 13.2 Å². The minimum atomic E-state index is -0.137. The summed E-state index contributed by atoms with van der Waals surface area (Å²) in [7, 11) is 0. The molecule has 0 aliphatic heterocycles. The smallest absolute Gasteiger partial charge is 0.164 e. The molecule has 0 aliphatic carbocycles. The summed E-state index contributed by atoms with van der Waals surface area (Å²) in [5, 5.41) is 0. The summed E-state index contributed by atoms with van der Waals surface area (Å²) in [5.74, 6) is 0.270. The van der Waals surface area contributed by atoms with Crippen LogP contribution in [-0.2, 0) is 9.47 Å². The molecule has 1 unspecified atom stereocenters. The van der Waals surface area contributed by atoms with Crippen molar-refractivity contribution in [1.82, 2.24) is 0 Å². The van der Waals surface area contributed by atoms with E-state index in [0.29, 0.717) is 13.2 Å². The van der Waals surface area contributed by atoms with Crippen LogP contribution in [0.3, 0.4) is 0 Å². The average Bonchev–Trinajstić information content (AvgIpc) is 2.29. The zero-order chi connectivity index (χ0) is 11.1. The van der Waals surface area contributed by atoms with Crippen LogP contribution in [-0.4, -0.2) is 19.5 Å². The predicted molar refractivity (Wildman–Crippen MR) is 61.9 cm³/mol. The standard InChI is InChI=1S/C13H20O2/c1-4-14-13(15-5-2)11(3)12-9-7-6-8-10-12/h6-11,13H,4-5H2,1-3H3.